The lowest BCUT2D eigenvalue weighted by Gasteiger charge is -2.25. The highest BCUT2D eigenvalue weighted by Crippen LogP contribution is 2.29. The number of aryl methyl sites for hydroxylation is 2. The first-order valence-electron chi connectivity index (χ1n) is 10.7. The molecular weight excluding hydrogens is 386 g/mol. The molecule has 4 aromatic rings. The van der Waals surface area contributed by atoms with Crippen molar-refractivity contribution in [1.29, 1.82) is 0 Å². The van der Waals surface area contributed by atoms with Crippen LogP contribution in [0.1, 0.15) is 34.3 Å². The van der Waals surface area contributed by atoms with Crippen LogP contribution in [0.5, 0.6) is 0 Å². The lowest BCUT2D eigenvalue weighted by Crippen LogP contribution is -2.37. The van der Waals surface area contributed by atoms with Gasteiger partial charge < -0.3 is 4.90 Å². The molecule has 31 heavy (non-hydrogen) atoms. The van der Waals surface area contributed by atoms with Crippen LogP contribution in [0.4, 0.5) is 0 Å². The van der Waals surface area contributed by atoms with E-state index in [1.807, 2.05) is 55.5 Å². The van der Waals surface area contributed by atoms with Gasteiger partial charge in [0.15, 0.2) is 0 Å². The van der Waals surface area contributed by atoms with Gasteiger partial charge in [-0.1, -0.05) is 17.7 Å². The van der Waals surface area contributed by atoms with Crippen molar-refractivity contribution < 1.29 is 4.79 Å². The van der Waals surface area contributed by atoms with Crippen LogP contribution in [-0.2, 0) is 13.5 Å². The number of likely N-dealkylation sites (tertiary alicyclic amines) is 1. The fraction of sp³-hybridized carbons (Fsp3) is 0.280. The summed E-state index contributed by atoms with van der Waals surface area (Å²) in [5.41, 5.74) is 5.51. The van der Waals surface area contributed by atoms with Crippen LogP contribution in [0.3, 0.4) is 0 Å². The van der Waals surface area contributed by atoms with Gasteiger partial charge in [0.1, 0.15) is 0 Å². The second kappa shape index (κ2) is 7.95. The molecule has 0 radical (unpaired) electrons. The molecule has 6 heteroatoms. The van der Waals surface area contributed by atoms with Crippen molar-refractivity contribution in [3.05, 3.63) is 77.9 Å². The number of benzene rings is 1. The fourth-order valence-corrected chi connectivity index (χ4v) is 4.48. The van der Waals surface area contributed by atoms with E-state index in [4.69, 9.17) is 4.98 Å². The molecule has 0 aliphatic carbocycles. The lowest BCUT2D eigenvalue weighted by molar-refractivity contribution is 0.0738. The first-order chi connectivity index (χ1) is 15.1. The van der Waals surface area contributed by atoms with Gasteiger partial charge >= 0.3 is 0 Å². The average Bonchev–Trinajstić information content (AvgIpc) is 3.42. The van der Waals surface area contributed by atoms with Gasteiger partial charge in [-0.05, 0) is 56.0 Å². The number of hydrogen-bond donors (Lipinski definition) is 0. The van der Waals surface area contributed by atoms with Crippen LogP contribution >= 0.6 is 0 Å². The summed E-state index contributed by atoms with van der Waals surface area (Å²) in [4.78, 5) is 24.9. The number of pyridine rings is 2. The minimum atomic E-state index is 0.0783. The van der Waals surface area contributed by atoms with Crippen molar-refractivity contribution in [3.63, 3.8) is 0 Å². The van der Waals surface area contributed by atoms with Gasteiger partial charge in [-0.15, -0.1) is 0 Å². The number of fused-ring (bicyclic) bond motifs is 1. The van der Waals surface area contributed by atoms with Crippen LogP contribution < -0.4 is 0 Å². The number of hydrogen-bond acceptors (Lipinski definition) is 4. The third kappa shape index (κ3) is 3.81. The van der Waals surface area contributed by atoms with E-state index in [1.54, 1.807) is 17.1 Å². The maximum Gasteiger partial charge on any atom is 0.254 e. The molecule has 1 saturated heterocycles. The minimum Gasteiger partial charge on any atom is -0.335 e. The topological polar surface area (TPSA) is 63.9 Å². The molecule has 0 unspecified atom stereocenters. The quantitative estimate of drug-likeness (QED) is 0.505. The molecule has 1 aliphatic heterocycles. The Bertz CT molecular complexity index is 1250. The molecule has 0 bridgehead atoms. The molecule has 1 aromatic carbocycles. The Morgan fingerprint density at radius 3 is 2.87 bits per heavy atom. The highest BCUT2D eigenvalue weighted by molar-refractivity contribution is 6.07. The van der Waals surface area contributed by atoms with Gasteiger partial charge in [-0.25, -0.2) is 4.98 Å². The lowest BCUT2D eigenvalue weighted by atomic mass is 10.0. The molecule has 5 rings (SSSR count). The maximum atomic E-state index is 13.8. The molecule has 4 heterocycles. The minimum absolute atomic E-state index is 0.0783. The Hall–Kier alpha value is -3.54. The normalized spacial score (nSPS) is 16.2. The van der Waals surface area contributed by atoms with E-state index < -0.39 is 0 Å². The highest BCUT2D eigenvalue weighted by Gasteiger charge is 2.31. The SMILES string of the molecule is Cc1ccc2nc(-c3cnn(C)c3)cc(C(=O)N3CCC[C@H]3Cc3cccnc3)c2c1. The number of rotatable bonds is 4. The monoisotopic (exact) mass is 411 g/mol. The largest absolute Gasteiger partial charge is 0.335 e. The zero-order chi connectivity index (χ0) is 21.4. The van der Waals surface area contributed by atoms with Gasteiger partial charge in [-0.2, -0.15) is 5.10 Å². The molecule has 0 N–H and O–H groups in total. The second-order valence-electron chi connectivity index (χ2n) is 8.34. The van der Waals surface area contributed by atoms with Crippen molar-refractivity contribution in [1.82, 2.24) is 24.6 Å². The Balaban J connectivity index is 1.56. The van der Waals surface area contributed by atoms with Gasteiger partial charge in [0.25, 0.3) is 5.91 Å². The third-order valence-electron chi connectivity index (χ3n) is 6.03. The van der Waals surface area contributed by atoms with E-state index in [1.165, 1.54) is 5.56 Å². The first kappa shape index (κ1) is 19.4. The molecule has 156 valence electrons. The third-order valence-corrected chi connectivity index (χ3v) is 6.03. The predicted octanol–water partition coefficient (Wildman–Crippen LogP) is 4.19. The van der Waals surface area contributed by atoms with E-state index in [9.17, 15) is 4.79 Å². The van der Waals surface area contributed by atoms with Crippen molar-refractivity contribution in [2.45, 2.75) is 32.2 Å². The first-order valence-corrected chi connectivity index (χ1v) is 10.7. The van der Waals surface area contributed by atoms with Crippen molar-refractivity contribution in [2.75, 3.05) is 6.54 Å². The summed E-state index contributed by atoms with van der Waals surface area (Å²) in [5.74, 6) is 0.0783. The standard InChI is InChI=1S/C25H25N5O/c1-17-7-8-23-21(11-17)22(13-24(28-23)19-15-27-29(2)16-19)25(31)30-10-4-6-20(30)12-18-5-3-9-26-14-18/h3,5,7-9,11,13-16,20H,4,6,10,12H2,1-2H3/t20-/m0/s1. The Kier molecular flexibility index (Phi) is 4.98. The fourth-order valence-electron chi connectivity index (χ4n) is 4.48. The summed E-state index contributed by atoms with van der Waals surface area (Å²) in [6.45, 7) is 2.82. The van der Waals surface area contributed by atoms with Crippen LogP contribution in [0.15, 0.2) is 61.2 Å². The number of nitrogens with zero attached hydrogens (tertiary/aromatic N) is 5. The number of amides is 1. The number of aromatic nitrogens is 4. The maximum absolute atomic E-state index is 13.8. The van der Waals surface area contributed by atoms with Gasteiger partial charge in [0.2, 0.25) is 0 Å². The summed E-state index contributed by atoms with van der Waals surface area (Å²) in [6, 6.07) is 12.3. The highest BCUT2D eigenvalue weighted by atomic mass is 16.2. The Labute approximate surface area is 181 Å². The zero-order valence-electron chi connectivity index (χ0n) is 17.8. The van der Waals surface area contributed by atoms with Gasteiger partial charge in [0, 0.05) is 49.2 Å². The van der Waals surface area contributed by atoms with Gasteiger partial charge in [-0.3, -0.25) is 14.5 Å². The van der Waals surface area contributed by atoms with Crippen molar-refractivity contribution >= 4 is 16.8 Å². The van der Waals surface area contributed by atoms with E-state index in [-0.39, 0.29) is 11.9 Å². The van der Waals surface area contributed by atoms with E-state index in [0.717, 1.165) is 53.5 Å². The van der Waals surface area contributed by atoms with E-state index >= 15 is 0 Å². The summed E-state index contributed by atoms with van der Waals surface area (Å²) in [6.07, 6.45) is 10.3. The van der Waals surface area contributed by atoms with Crippen LogP contribution in [0.2, 0.25) is 0 Å². The summed E-state index contributed by atoms with van der Waals surface area (Å²) in [5, 5.41) is 5.18. The van der Waals surface area contributed by atoms with Gasteiger partial charge in [0.05, 0.1) is 23.0 Å². The average molecular weight is 412 g/mol. The molecule has 0 spiro atoms. The van der Waals surface area contributed by atoms with Crippen LogP contribution in [0, 0.1) is 6.92 Å². The molecule has 3 aromatic heterocycles. The molecule has 1 fully saturated rings. The predicted molar refractivity (Wildman–Crippen MR) is 121 cm³/mol. The molecule has 1 aliphatic rings. The van der Waals surface area contributed by atoms with Crippen LogP contribution in [-0.4, -0.2) is 43.1 Å². The number of carbonyl (C=O) groups is 1. The van der Waals surface area contributed by atoms with E-state index in [2.05, 4.69) is 22.2 Å². The molecule has 0 saturated carbocycles. The zero-order valence-corrected chi connectivity index (χ0v) is 17.8. The second-order valence-corrected chi connectivity index (χ2v) is 8.34. The summed E-state index contributed by atoms with van der Waals surface area (Å²) in [7, 11) is 1.88. The van der Waals surface area contributed by atoms with Crippen molar-refractivity contribution in [2.24, 2.45) is 7.05 Å². The Morgan fingerprint density at radius 1 is 1.19 bits per heavy atom. The molecule has 1 amide bonds. The summed E-state index contributed by atoms with van der Waals surface area (Å²) >= 11 is 0. The molecule has 6 nitrogen and oxygen atoms in total. The smallest absolute Gasteiger partial charge is 0.254 e. The molecular formula is C25H25N5O. The van der Waals surface area contributed by atoms with E-state index in [0.29, 0.717) is 5.56 Å². The Morgan fingerprint density at radius 2 is 2.10 bits per heavy atom. The summed E-state index contributed by atoms with van der Waals surface area (Å²) < 4.78 is 1.75. The molecule has 1 atom stereocenters. The van der Waals surface area contributed by atoms with Crippen molar-refractivity contribution in [3.8, 4) is 11.3 Å². The number of carbonyl (C=O) groups excluding carboxylic acids is 1. The van der Waals surface area contributed by atoms with Crippen LogP contribution in [0.25, 0.3) is 22.2 Å².